The Morgan fingerprint density at radius 3 is 2.44 bits per heavy atom. The number of hydrogen-bond acceptors (Lipinski definition) is 9. The van der Waals surface area contributed by atoms with Crippen LogP contribution in [0, 0.1) is 5.92 Å². The van der Waals surface area contributed by atoms with Crippen molar-refractivity contribution in [1.82, 2.24) is 10.0 Å². The highest BCUT2D eigenvalue weighted by Crippen LogP contribution is 2.42. The predicted molar refractivity (Wildman–Crippen MR) is 158 cm³/mol. The van der Waals surface area contributed by atoms with E-state index in [1.165, 1.54) is 13.2 Å². The number of ether oxygens (including phenoxy) is 2. The maximum Gasteiger partial charge on any atom is 0.408 e. The van der Waals surface area contributed by atoms with E-state index in [4.69, 9.17) is 15.2 Å². The van der Waals surface area contributed by atoms with Crippen LogP contribution in [0.4, 0.5) is 10.5 Å². The quantitative estimate of drug-likeness (QED) is 0.123. The van der Waals surface area contributed by atoms with Crippen molar-refractivity contribution >= 4 is 46.1 Å². The average Bonchev–Trinajstić information content (AvgIpc) is 3.35. The lowest BCUT2D eigenvalue weighted by molar-refractivity contribution is -0.143. The lowest BCUT2D eigenvalue weighted by Crippen LogP contribution is -2.46. The van der Waals surface area contributed by atoms with Gasteiger partial charge < -0.3 is 25.8 Å². The van der Waals surface area contributed by atoms with Crippen LogP contribution < -0.4 is 21.1 Å². The second-order valence-electron chi connectivity index (χ2n) is 10.5. The number of unbranched alkanes of at least 4 members (excludes halogenated alkanes) is 4. The molecule has 2 saturated carbocycles. The summed E-state index contributed by atoms with van der Waals surface area (Å²) in [7, 11) is -2.81. The number of anilines is 1. The highest BCUT2D eigenvalue weighted by atomic mass is 35.5. The lowest BCUT2D eigenvalue weighted by atomic mass is 10.1. The maximum atomic E-state index is 12.9. The number of nitrogens with one attached hydrogen (secondary N) is 3. The molecule has 0 radical (unpaired) electrons. The van der Waals surface area contributed by atoms with Gasteiger partial charge in [0.25, 0.3) is 15.9 Å². The van der Waals surface area contributed by atoms with E-state index < -0.39 is 39.6 Å². The van der Waals surface area contributed by atoms with Crippen molar-refractivity contribution < 1.29 is 32.3 Å². The summed E-state index contributed by atoms with van der Waals surface area (Å²) in [6.07, 6.45) is 9.70. The van der Waals surface area contributed by atoms with Gasteiger partial charge in [-0.05, 0) is 57.1 Å². The first-order valence-corrected chi connectivity index (χ1v) is 15.5. The number of rotatable bonds is 16. The lowest BCUT2D eigenvalue weighted by Gasteiger charge is -2.18. The molecular formula is C28H43ClN4O7S. The Labute approximate surface area is 248 Å². The van der Waals surface area contributed by atoms with Gasteiger partial charge in [-0.3, -0.25) is 4.79 Å². The van der Waals surface area contributed by atoms with E-state index >= 15 is 0 Å². The molecule has 0 aromatic heterocycles. The van der Waals surface area contributed by atoms with E-state index in [0.29, 0.717) is 25.1 Å². The van der Waals surface area contributed by atoms with E-state index in [0.717, 1.165) is 57.8 Å². The highest BCUT2D eigenvalue weighted by molar-refractivity contribution is 7.90. The number of sulfonamides is 1. The second kappa shape index (κ2) is 16.0. The molecule has 2 aliphatic rings. The van der Waals surface area contributed by atoms with E-state index in [-0.39, 0.29) is 29.3 Å². The van der Waals surface area contributed by atoms with Crippen LogP contribution in [0.3, 0.4) is 0 Å². The highest BCUT2D eigenvalue weighted by Gasteiger charge is 2.56. The first-order valence-electron chi connectivity index (χ1n) is 14.0. The molecule has 2 amide bonds. The minimum absolute atomic E-state index is 0. The van der Waals surface area contributed by atoms with Gasteiger partial charge in [-0.2, -0.15) is 0 Å². The fourth-order valence-corrected chi connectivity index (χ4v) is 6.16. The van der Waals surface area contributed by atoms with Gasteiger partial charge in [0.2, 0.25) is 0 Å². The second-order valence-corrected chi connectivity index (χ2v) is 12.2. The number of hydrogen-bond donors (Lipinski definition) is 4. The smallest absolute Gasteiger partial charge is 0.408 e. The van der Waals surface area contributed by atoms with Crippen LogP contribution in [-0.2, 0) is 29.1 Å². The molecular weight excluding hydrogens is 572 g/mol. The third-order valence-electron chi connectivity index (χ3n) is 7.51. The maximum absolute atomic E-state index is 12.9. The third-order valence-corrected chi connectivity index (χ3v) is 8.90. The van der Waals surface area contributed by atoms with Gasteiger partial charge in [-0.15, -0.1) is 19.0 Å². The zero-order valence-corrected chi connectivity index (χ0v) is 25.2. The Bertz CT molecular complexity index is 1160. The van der Waals surface area contributed by atoms with Crippen LogP contribution >= 0.6 is 12.4 Å². The van der Waals surface area contributed by atoms with Gasteiger partial charge in [-0.25, -0.2) is 22.7 Å². The molecule has 3 rings (SSSR count). The summed E-state index contributed by atoms with van der Waals surface area (Å²) >= 11 is 0. The first-order chi connectivity index (χ1) is 19.1. The molecule has 0 heterocycles. The number of carbonyl (C=O) groups excluding carboxylic acids is 3. The number of amides is 2. The van der Waals surface area contributed by atoms with E-state index in [1.54, 1.807) is 24.3 Å². The summed E-state index contributed by atoms with van der Waals surface area (Å²) in [5, 5.41) is 5.79. The molecule has 1 aromatic rings. The van der Waals surface area contributed by atoms with Crippen molar-refractivity contribution in [2.75, 3.05) is 19.0 Å². The Hall–Kier alpha value is -2.83. The van der Waals surface area contributed by atoms with Crippen LogP contribution in [0.25, 0.3) is 0 Å². The molecule has 11 nitrogen and oxygen atoms in total. The number of methoxy groups -OCH3 is 1. The van der Waals surface area contributed by atoms with Gasteiger partial charge in [0.05, 0.1) is 12.8 Å². The van der Waals surface area contributed by atoms with Gasteiger partial charge in [0, 0.05) is 12.5 Å². The summed E-state index contributed by atoms with van der Waals surface area (Å²) < 4.78 is 38.1. The topological polar surface area (TPSA) is 166 Å². The molecule has 1 aromatic carbocycles. The average molecular weight is 615 g/mol. The van der Waals surface area contributed by atoms with Gasteiger partial charge in [0.15, 0.2) is 0 Å². The van der Waals surface area contributed by atoms with Crippen molar-refractivity contribution in [2.45, 2.75) is 93.2 Å². The summed E-state index contributed by atoms with van der Waals surface area (Å²) in [4.78, 5) is 36.7. The number of alkyl carbamates (subject to hydrolysis) is 1. The first kappa shape index (κ1) is 34.4. The monoisotopic (exact) mass is 614 g/mol. The molecule has 41 heavy (non-hydrogen) atoms. The molecule has 2 aliphatic carbocycles. The zero-order chi connectivity index (χ0) is 29.2. The zero-order valence-electron chi connectivity index (χ0n) is 23.6. The predicted octanol–water partition coefficient (Wildman–Crippen LogP) is 3.78. The fourth-order valence-electron chi connectivity index (χ4n) is 4.93. The third kappa shape index (κ3) is 9.89. The van der Waals surface area contributed by atoms with Gasteiger partial charge in [-0.1, -0.05) is 43.9 Å². The number of nitrogens with two attached hydrogens (primary N) is 1. The normalized spacial score (nSPS) is 20.7. The molecule has 0 bridgehead atoms. The summed E-state index contributed by atoms with van der Waals surface area (Å²) in [5.74, 6) is -1.46. The summed E-state index contributed by atoms with van der Waals surface area (Å²) in [6, 6.07) is 5.66. The molecule has 230 valence electrons. The van der Waals surface area contributed by atoms with Crippen LogP contribution in [-0.4, -0.2) is 57.7 Å². The number of carbonyl (C=O) groups is 3. The summed E-state index contributed by atoms with van der Waals surface area (Å²) in [5.41, 5.74) is 5.17. The van der Waals surface area contributed by atoms with Gasteiger partial charge >= 0.3 is 12.1 Å². The van der Waals surface area contributed by atoms with Gasteiger partial charge in [0.1, 0.15) is 22.6 Å². The largest absolute Gasteiger partial charge is 0.467 e. The summed E-state index contributed by atoms with van der Waals surface area (Å²) in [6.45, 7) is 4.16. The number of benzene rings is 1. The van der Waals surface area contributed by atoms with Crippen LogP contribution in [0.5, 0.6) is 0 Å². The Morgan fingerprint density at radius 1 is 1.12 bits per heavy atom. The molecule has 0 spiro atoms. The Balaban J connectivity index is 0.00000588. The molecule has 0 saturated heterocycles. The van der Waals surface area contributed by atoms with E-state index in [1.807, 2.05) is 0 Å². The van der Waals surface area contributed by atoms with Crippen LogP contribution in [0.15, 0.2) is 41.8 Å². The molecule has 0 aliphatic heterocycles. The molecule has 2 fully saturated rings. The molecule has 13 heteroatoms. The SMILES string of the molecule is C=C[C@@H]1C[C@]1(N)C(=O)NS(=O)(=O)c1ccccc1NCCCCCCC[C@H](NC(=O)OC1CCCC1)C(=O)OC.Cl. The molecule has 5 N–H and O–H groups in total. The molecule has 3 atom stereocenters. The number of esters is 1. The van der Waals surface area contributed by atoms with Crippen LogP contribution in [0.2, 0.25) is 0 Å². The van der Waals surface area contributed by atoms with Crippen molar-refractivity contribution in [3.05, 3.63) is 36.9 Å². The van der Waals surface area contributed by atoms with E-state index in [2.05, 4.69) is 21.9 Å². The molecule has 0 unspecified atom stereocenters. The van der Waals surface area contributed by atoms with Crippen molar-refractivity contribution in [2.24, 2.45) is 11.7 Å². The fraction of sp³-hybridized carbons (Fsp3) is 0.607. The van der Waals surface area contributed by atoms with Crippen molar-refractivity contribution in [3.8, 4) is 0 Å². The van der Waals surface area contributed by atoms with Crippen molar-refractivity contribution in [3.63, 3.8) is 0 Å². The minimum atomic E-state index is -4.11. The van der Waals surface area contributed by atoms with Crippen LogP contribution in [0.1, 0.15) is 70.6 Å². The Kier molecular flexibility index (Phi) is 13.4. The minimum Gasteiger partial charge on any atom is -0.467 e. The standard InChI is InChI=1S/C28H42N4O7S.ClH/c1-3-20-19-28(20,29)26(34)32-40(36,37)24-17-11-10-15-22(24)30-18-12-6-4-5-7-16-23(25(33)38-2)31-27(35)39-21-13-8-9-14-21;/h3,10-11,15,17,20-21,23,30H,1,4-9,12-14,16,18-19,29H2,2H3,(H,31,35)(H,32,34);1H/t20-,23+,28-;/m1./s1. The van der Waals surface area contributed by atoms with Crippen molar-refractivity contribution in [1.29, 1.82) is 0 Å². The number of halogens is 1. The van der Waals surface area contributed by atoms with E-state index in [9.17, 15) is 22.8 Å². The Morgan fingerprint density at radius 2 is 1.78 bits per heavy atom. The number of para-hydroxylation sites is 1.